The highest BCUT2D eigenvalue weighted by molar-refractivity contribution is 7.91. The minimum absolute atomic E-state index is 0.00930. The molecular weight excluding hydrogens is 688 g/mol. The van der Waals surface area contributed by atoms with Crippen molar-refractivity contribution < 1.29 is 55.3 Å². The number of amides is 2. The number of hydrogen-bond donors (Lipinski definition) is 7. The maximum atomic E-state index is 13.4. The number of nitrogens with two attached hydrogens (primary N) is 1. The lowest BCUT2D eigenvalue weighted by molar-refractivity contribution is 0.0696. The summed E-state index contributed by atoms with van der Waals surface area (Å²) in [5.41, 5.74) is 5.95. The van der Waals surface area contributed by atoms with Crippen molar-refractivity contribution in [3.63, 3.8) is 0 Å². The van der Waals surface area contributed by atoms with Gasteiger partial charge in [-0.1, -0.05) is 12.1 Å². The van der Waals surface area contributed by atoms with Gasteiger partial charge < -0.3 is 21.3 Å². The molecule has 20 heteroatoms. The molecule has 8 N–H and O–H groups in total. The average Bonchev–Trinajstić information content (AvgIpc) is 3.02. The number of hydrogen-bond acceptors (Lipinski definition) is 12. The molecule has 0 heterocycles. The molecule has 2 amide bonds. The average molecular weight is 709 g/mol. The summed E-state index contributed by atoms with van der Waals surface area (Å²) in [6.45, 7) is 0. The molecule has 1 aliphatic carbocycles. The fourth-order valence-corrected chi connectivity index (χ4v) is 5.82. The van der Waals surface area contributed by atoms with Crippen molar-refractivity contribution in [3.05, 3.63) is 93.9 Å². The zero-order chi connectivity index (χ0) is 35.8. The zero-order valence-electron chi connectivity index (χ0n) is 24.2. The number of nitrogens with zero attached hydrogens (tertiary/aromatic N) is 3. The number of primary amides is 1. The Bertz CT molecular complexity index is 2420. The van der Waals surface area contributed by atoms with E-state index >= 15 is 0 Å². The molecule has 0 radical (unpaired) electrons. The van der Waals surface area contributed by atoms with Crippen LogP contribution in [-0.4, -0.2) is 65.6 Å². The smallest absolute Gasteiger partial charge is 0.335 e. The molecule has 0 saturated heterocycles. The molecule has 0 aliphatic heterocycles. The van der Waals surface area contributed by atoms with Crippen LogP contribution in [0.25, 0.3) is 16.8 Å². The number of rotatable bonds is 9. The Kier molecular flexibility index (Phi) is 8.80. The van der Waals surface area contributed by atoms with Gasteiger partial charge in [0, 0.05) is 22.0 Å². The number of nitrogens with one attached hydrogen (secondary N) is 2. The number of carboxylic acids is 2. The standard InChI is InChI=1S/C29H20N6O12S2/c30-29(41)31-16-2-1-13-10-24(49(45,46)47)25(26(36)20(13)11-16)35-34-22-5-6-23(21-12-18(48(42,43)44)3-4-19(21)22)33-32-17-8-14(27(37)38)7-15(9-17)28(39)40/h1-12,34H,(H,37,38)(H,39,40)(H3,30,31,41)(H,42,43,44)(H,45,46,47)/b33-32?,35-25+. The van der Waals surface area contributed by atoms with Crippen molar-refractivity contribution in [2.75, 3.05) is 10.7 Å². The topological polar surface area (TPSA) is 305 Å². The second-order valence-electron chi connectivity index (χ2n) is 10.1. The Morgan fingerprint density at radius 2 is 1.43 bits per heavy atom. The number of fused-ring (bicyclic) bond motifs is 2. The second kappa shape index (κ2) is 12.7. The van der Waals surface area contributed by atoms with Crippen LogP contribution in [0.2, 0.25) is 0 Å². The van der Waals surface area contributed by atoms with E-state index in [0.717, 1.165) is 36.4 Å². The number of carboxylic acid groups (broad SMARTS) is 2. The van der Waals surface area contributed by atoms with Crippen molar-refractivity contribution in [2.45, 2.75) is 4.90 Å². The van der Waals surface area contributed by atoms with Gasteiger partial charge in [-0.15, -0.1) is 5.11 Å². The lowest BCUT2D eigenvalue weighted by atomic mass is 9.94. The highest BCUT2D eigenvalue weighted by Gasteiger charge is 2.33. The Balaban J connectivity index is 1.61. The largest absolute Gasteiger partial charge is 0.478 e. The summed E-state index contributed by atoms with van der Waals surface area (Å²) < 4.78 is 67.9. The van der Waals surface area contributed by atoms with Gasteiger partial charge in [0.05, 0.1) is 33.1 Å². The van der Waals surface area contributed by atoms with E-state index in [1.165, 1.54) is 36.4 Å². The van der Waals surface area contributed by atoms with E-state index in [0.29, 0.717) is 0 Å². The highest BCUT2D eigenvalue weighted by Crippen LogP contribution is 2.36. The van der Waals surface area contributed by atoms with Crippen LogP contribution in [-0.2, 0) is 20.2 Å². The van der Waals surface area contributed by atoms with Crippen LogP contribution in [0.1, 0.15) is 36.6 Å². The summed E-state index contributed by atoms with van der Waals surface area (Å²) in [4.78, 5) is 46.2. The number of hydrazone groups is 1. The fraction of sp³-hybridized carbons (Fsp3) is 0. The lowest BCUT2D eigenvalue weighted by Crippen LogP contribution is -2.27. The van der Waals surface area contributed by atoms with Crippen LogP contribution in [0.5, 0.6) is 0 Å². The van der Waals surface area contributed by atoms with Crippen LogP contribution < -0.4 is 16.5 Å². The highest BCUT2D eigenvalue weighted by atomic mass is 32.2. The third kappa shape index (κ3) is 7.31. The van der Waals surface area contributed by atoms with E-state index in [-0.39, 0.29) is 44.6 Å². The Hall–Kier alpha value is -6.35. The maximum Gasteiger partial charge on any atom is 0.335 e. The van der Waals surface area contributed by atoms with Crippen LogP contribution in [0, 0.1) is 0 Å². The van der Waals surface area contributed by atoms with Gasteiger partial charge in [-0.2, -0.15) is 27.1 Å². The summed E-state index contributed by atoms with van der Waals surface area (Å²) in [6, 6.07) is 11.8. The fourth-order valence-electron chi connectivity index (χ4n) is 4.65. The molecular formula is C29H20N6O12S2. The Morgan fingerprint density at radius 1 is 0.755 bits per heavy atom. The number of carbonyl (C=O) groups excluding carboxylic acids is 2. The van der Waals surface area contributed by atoms with E-state index in [2.05, 4.69) is 26.1 Å². The number of aromatic carboxylic acids is 2. The zero-order valence-corrected chi connectivity index (χ0v) is 25.9. The number of ketones is 1. The monoisotopic (exact) mass is 708 g/mol. The molecule has 0 atom stereocenters. The van der Waals surface area contributed by atoms with E-state index in [1.54, 1.807) is 0 Å². The van der Waals surface area contributed by atoms with Gasteiger partial charge in [0.2, 0.25) is 5.78 Å². The van der Waals surface area contributed by atoms with Crippen molar-refractivity contribution in [1.82, 2.24) is 0 Å². The minimum Gasteiger partial charge on any atom is -0.478 e. The molecule has 49 heavy (non-hydrogen) atoms. The molecule has 0 fully saturated rings. The molecule has 18 nitrogen and oxygen atoms in total. The summed E-state index contributed by atoms with van der Waals surface area (Å²) in [5.74, 6) is -3.84. The molecule has 0 bridgehead atoms. The number of urea groups is 1. The molecule has 4 aromatic carbocycles. The van der Waals surface area contributed by atoms with Crippen LogP contribution in [0.15, 0.2) is 91.9 Å². The van der Waals surface area contributed by atoms with Crippen LogP contribution in [0.3, 0.4) is 0 Å². The summed E-state index contributed by atoms with van der Waals surface area (Å²) in [6.07, 6.45) is 0.982. The second-order valence-corrected chi connectivity index (χ2v) is 12.9. The number of Topliss-reactive ketones (excluding diaryl/α,β-unsaturated/α-hetero) is 1. The summed E-state index contributed by atoms with van der Waals surface area (Å²) >= 11 is 0. The minimum atomic E-state index is -5.02. The lowest BCUT2D eigenvalue weighted by Gasteiger charge is -2.17. The number of allylic oxidation sites excluding steroid dienone is 1. The quantitative estimate of drug-likeness (QED) is 0.0726. The predicted octanol–water partition coefficient (Wildman–Crippen LogP) is 4.28. The first kappa shape index (κ1) is 34.0. The SMILES string of the molecule is NC(=O)Nc1ccc2c(c1)C(=O)/C(=N/Nc1ccc(N=Nc3cc(C(=O)O)cc(C(=O)O)c3)c3cc(S(=O)(=O)O)ccc13)C(S(=O)(=O)O)=C2. The molecule has 0 saturated carbocycles. The van der Waals surface area contributed by atoms with Crippen molar-refractivity contribution in [3.8, 4) is 0 Å². The molecule has 0 spiro atoms. The van der Waals surface area contributed by atoms with Crippen LogP contribution in [0.4, 0.5) is 27.5 Å². The molecule has 250 valence electrons. The molecule has 0 unspecified atom stereocenters. The third-order valence-electron chi connectivity index (χ3n) is 6.81. The first-order chi connectivity index (χ1) is 22.9. The van der Waals surface area contributed by atoms with Gasteiger partial charge in [0.15, 0.2) is 5.71 Å². The van der Waals surface area contributed by atoms with Gasteiger partial charge >= 0.3 is 18.0 Å². The van der Waals surface area contributed by atoms with E-state index < -0.39 is 70.6 Å². The van der Waals surface area contributed by atoms with Gasteiger partial charge in [0.25, 0.3) is 20.2 Å². The van der Waals surface area contributed by atoms with Gasteiger partial charge in [-0.05, 0) is 66.2 Å². The van der Waals surface area contributed by atoms with Gasteiger partial charge in [0.1, 0.15) is 4.91 Å². The Labute approximate surface area is 274 Å². The van der Waals surface area contributed by atoms with E-state index in [9.17, 15) is 55.3 Å². The van der Waals surface area contributed by atoms with Crippen molar-refractivity contribution in [1.29, 1.82) is 0 Å². The van der Waals surface area contributed by atoms with Gasteiger partial charge in [-0.25, -0.2) is 14.4 Å². The normalized spacial score (nSPS) is 14.0. The van der Waals surface area contributed by atoms with Crippen molar-refractivity contribution >= 4 is 89.3 Å². The van der Waals surface area contributed by atoms with E-state index in [1.807, 2.05) is 0 Å². The predicted molar refractivity (Wildman–Crippen MR) is 173 cm³/mol. The molecule has 0 aromatic heterocycles. The third-order valence-corrected chi connectivity index (χ3v) is 8.53. The first-order valence-electron chi connectivity index (χ1n) is 13.3. The number of benzene rings is 4. The first-order valence-corrected chi connectivity index (χ1v) is 16.2. The number of azo groups is 1. The summed E-state index contributed by atoms with van der Waals surface area (Å²) in [5, 5.41) is 32.9. The number of carbonyl (C=O) groups is 4. The molecule has 1 aliphatic rings. The number of anilines is 2. The maximum absolute atomic E-state index is 13.4. The molecule has 4 aromatic rings. The van der Waals surface area contributed by atoms with E-state index in [4.69, 9.17) is 5.73 Å². The van der Waals surface area contributed by atoms with Crippen molar-refractivity contribution in [2.24, 2.45) is 21.1 Å². The molecule has 5 rings (SSSR count). The Morgan fingerprint density at radius 3 is 2.02 bits per heavy atom. The van der Waals surface area contributed by atoms with Gasteiger partial charge in [-0.3, -0.25) is 19.3 Å². The summed E-state index contributed by atoms with van der Waals surface area (Å²) in [7, 11) is -9.77. The van der Waals surface area contributed by atoms with Crippen LogP contribution >= 0.6 is 0 Å².